The maximum atomic E-state index is 11.2. The highest BCUT2D eigenvalue weighted by Crippen LogP contribution is 2.14. The number of nitrogens with zero attached hydrogens (tertiary/aromatic N) is 1. The molecule has 1 aliphatic rings. The van der Waals surface area contributed by atoms with Crippen LogP contribution in [0.1, 0.15) is 13.3 Å². The van der Waals surface area contributed by atoms with Crippen LogP contribution in [-0.4, -0.2) is 51.3 Å². The van der Waals surface area contributed by atoms with Gasteiger partial charge in [0, 0.05) is 19.7 Å². The fourth-order valence-electron chi connectivity index (χ4n) is 1.99. The van der Waals surface area contributed by atoms with E-state index in [1.807, 2.05) is 14.0 Å². The van der Waals surface area contributed by atoms with Crippen LogP contribution in [0.4, 0.5) is 0 Å². The van der Waals surface area contributed by atoms with Crippen molar-refractivity contribution < 1.29 is 14.3 Å². The molecule has 0 unspecified atom stereocenters. The van der Waals surface area contributed by atoms with Crippen molar-refractivity contribution in [3.05, 3.63) is 0 Å². The molecule has 0 aromatic rings. The Bertz CT molecular complexity index is 202. The van der Waals surface area contributed by atoms with Crippen LogP contribution in [0, 0.1) is 11.8 Å². The topological polar surface area (TPSA) is 38.8 Å². The Morgan fingerprint density at radius 3 is 2.93 bits per heavy atom. The van der Waals surface area contributed by atoms with Crippen molar-refractivity contribution in [2.45, 2.75) is 13.3 Å². The van der Waals surface area contributed by atoms with Crippen LogP contribution in [-0.2, 0) is 14.3 Å². The van der Waals surface area contributed by atoms with Crippen molar-refractivity contribution >= 4 is 5.97 Å². The molecular weight excluding hydrogens is 194 g/mol. The highest BCUT2D eigenvalue weighted by atomic mass is 16.5. The molecule has 0 spiro atoms. The van der Waals surface area contributed by atoms with Gasteiger partial charge in [-0.25, -0.2) is 0 Å². The lowest BCUT2D eigenvalue weighted by atomic mass is 10.1. The number of rotatable bonds is 5. The molecule has 1 saturated heterocycles. The van der Waals surface area contributed by atoms with Crippen molar-refractivity contribution in [3.8, 4) is 0 Å². The van der Waals surface area contributed by atoms with Gasteiger partial charge in [0.15, 0.2) is 0 Å². The highest BCUT2D eigenvalue weighted by molar-refractivity contribution is 5.71. The third-order valence-electron chi connectivity index (χ3n) is 2.78. The van der Waals surface area contributed by atoms with Gasteiger partial charge in [-0.1, -0.05) is 6.92 Å². The molecule has 0 N–H and O–H groups in total. The molecule has 15 heavy (non-hydrogen) atoms. The fraction of sp³-hybridized carbons (Fsp3) is 0.909. The van der Waals surface area contributed by atoms with Gasteiger partial charge in [-0.15, -0.1) is 0 Å². The SMILES string of the molecule is COC(=O)[C@@H](C)CN(C)C[C@H]1CCOC1. The van der Waals surface area contributed by atoms with Gasteiger partial charge in [0.05, 0.1) is 19.6 Å². The molecule has 88 valence electrons. The zero-order valence-electron chi connectivity index (χ0n) is 9.86. The predicted octanol–water partition coefficient (Wildman–Crippen LogP) is 0.764. The maximum absolute atomic E-state index is 11.2. The summed E-state index contributed by atoms with van der Waals surface area (Å²) in [7, 11) is 3.47. The summed E-state index contributed by atoms with van der Waals surface area (Å²) < 4.78 is 10.0. The maximum Gasteiger partial charge on any atom is 0.309 e. The first kappa shape index (κ1) is 12.5. The number of esters is 1. The largest absolute Gasteiger partial charge is 0.469 e. The van der Waals surface area contributed by atoms with Crippen LogP contribution < -0.4 is 0 Å². The average Bonchev–Trinajstić information content (AvgIpc) is 2.68. The minimum absolute atomic E-state index is 0.0534. The molecule has 0 aromatic heterocycles. The van der Waals surface area contributed by atoms with E-state index in [0.717, 1.165) is 32.7 Å². The molecule has 1 fully saturated rings. The summed E-state index contributed by atoms with van der Waals surface area (Å²) >= 11 is 0. The quantitative estimate of drug-likeness (QED) is 0.635. The van der Waals surface area contributed by atoms with E-state index in [2.05, 4.69) is 4.90 Å². The van der Waals surface area contributed by atoms with Crippen molar-refractivity contribution in [3.63, 3.8) is 0 Å². The molecule has 0 aromatic carbocycles. The van der Waals surface area contributed by atoms with Crippen LogP contribution in [0.15, 0.2) is 0 Å². The summed E-state index contributed by atoms with van der Waals surface area (Å²) in [6.07, 6.45) is 1.14. The first-order valence-electron chi connectivity index (χ1n) is 5.47. The van der Waals surface area contributed by atoms with Gasteiger partial charge in [-0.05, 0) is 19.4 Å². The number of ether oxygens (including phenoxy) is 2. The van der Waals surface area contributed by atoms with E-state index in [4.69, 9.17) is 9.47 Å². The first-order valence-corrected chi connectivity index (χ1v) is 5.47. The van der Waals surface area contributed by atoms with E-state index in [0.29, 0.717) is 5.92 Å². The van der Waals surface area contributed by atoms with Gasteiger partial charge < -0.3 is 14.4 Å². The van der Waals surface area contributed by atoms with Crippen molar-refractivity contribution in [2.75, 3.05) is 40.5 Å². The van der Waals surface area contributed by atoms with Crippen LogP contribution in [0.5, 0.6) is 0 Å². The van der Waals surface area contributed by atoms with Crippen molar-refractivity contribution in [2.24, 2.45) is 11.8 Å². The minimum atomic E-state index is -0.135. The third-order valence-corrected chi connectivity index (χ3v) is 2.78. The minimum Gasteiger partial charge on any atom is -0.469 e. The lowest BCUT2D eigenvalue weighted by Gasteiger charge is -2.22. The van der Waals surface area contributed by atoms with Crippen LogP contribution >= 0.6 is 0 Å². The summed E-state index contributed by atoms with van der Waals surface area (Å²) in [6, 6.07) is 0. The van der Waals surface area contributed by atoms with Crippen molar-refractivity contribution in [1.82, 2.24) is 4.90 Å². The van der Waals surface area contributed by atoms with E-state index < -0.39 is 0 Å². The Labute approximate surface area is 91.5 Å². The Morgan fingerprint density at radius 1 is 1.67 bits per heavy atom. The fourth-order valence-corrected chi connectivity index (χ4v) is 1.99. The normalized spacial score (nSPS) is 23.1. The zero-order valence-corrected chi connectivity index (χ0v) is 9.86. The second-order valence-electron chi connectivity index (χ2n) is 4.38. The number of carbonyl (C=O) groups is 1. The summed E-state index contributed by atoms with van der Waals surface area (Å²) in [5.41, 5.74) is 0. The first-order chi connectivity index (χ1) is 7.13. The number of carbonyl (C=O) groups excluding carboxylic acids is 1. The standard InChI is InChI=1S/C11H21NO3/c1-9(11(13)14-3)6-12(2)7-10-4-5-15-8-10/h9-10H,4-8H2,1-3H3/t9-,10+/m0/s1. The second-order valence-corrected chi connectivity index (χ2v) is 4.38. The molecule has 4 heteroatoms. The molecule has 0 aliphatic carbocycles. The average molecular weight is 215 g/mol. The second kappa shape index (κ2) is 6.08. The van der Waals surface area contributed by atoms with Gasteiger partial charge >= 0.3 is 5.97 Å². The van der Waals surface area contributed by atoms with E-state index >= 15 is 0 Å². The monoisotopic (exact) mass is 215 g/mol. The Balaban J connectivity index is 2.22. The van der Waals surface area contributed by atoms with Gasteiger partial charge in [0.1, 0.15) is 0 Å². The zero-order chi connectivity index (χ0) is 11.3. The smallest absolute Gasteiger partial charge is 0.309 e. The lowest BCUT2D eigenvalue weighted by molar-refractivity contribution is -0.145. The summed E-state index contributed by atoms with van der Waals surface area (Å²) in [4.78, 5) is 13.4. The van der Waals surface area contributed by atoms with Gasteiger partial charge in [-0.3, -0.25) is 4.79 Å². The third kappa shape index (κ3) is 4.18. The molecule has 4 nitrogen and oxygen atoms in total. The number of hydrogen-bond donors (Lipinski definition) is 0. The summed E-state index contributed by atoms with van der Waals surface area (Å²) in [5.74, 6) is 0.437. The van der Waals surface area contributed by atoms with Gasteiger partial charge in [0.25, 0.3) is 0 Å². The molecule has 1 aliphatic heterocycles. The van der Waals surface area contributed by atoms with Crippen LogP contribution in [0.2, 0.25) is 0 Å². The molecule has 1 rings (SSSR count). The van der Waals surface area contributed by atoms with Crippen LogP contribution in [0.25, 0.3) is 0 Å². The molecular formula is C11H21NO3. The molecule has 1 heterocycles. The van der Waals surface area contributed by atoms with Gasteiger partial charge in [-0.2, -0.15) is 0 Å². The summed E-state index contributed by atoms with van der Waals surface area (Å²) in [5, 5.41) is 0. The van der Waals surface area contributed by atoms with Crippen molar-refractivity contribution in [1.29, 1.82) is 0 Å². The van der Waals surface area contributed by atoms with E-state index in [1.165, 1.54) is 7.11 Å². The van der Waals surface area contributed by atoms with Gasteiger partial charge in [0.2, 0.25) is 0 Å². The Morgan fingerprint density at radius 2 is 2.40 bits per heavy atom. The molecule has 0 amide bonds. The molecule has 0 saturated carbocycles. The molecule has 2 atom stereocenters. The predicted molar refractivity (Wildman–Crippen MR) is 57.6 cm³/mol. The molecule has 0 radical (unpaired) electrons. The van der Waals surface area contributed by atoms with E-state index in [-0.39, 0.29) is 11.9 Å². The van der Waals surface area contributed by atoms with Crippen LogP contribution in [0.3, 0.4) is 0 Å². The summed E-state index contributed by atoms with van der Waals surface area (Å²) in [6.45, 7) is 5.39. The number of hydrogen-bond acceptors (Lipinski definition) is 4. The Hall–Kier alpha value is -0.610. The highest BCUT2D eigenvalue weighted by Gasteiger charge is 2.20. The molecule has 0 bridgehead atoms. The van der Waals surface area contributed by atoms with E-state index in [1.54, 1.807) is 0 Å². The number of methoxy groups -OCH3 is 1. The lowest BCUT2D eigenvalue weighted by Crippen LogP contribution is -2.33. The Kier molecular flexibility index (Phi) is 5.05. The van der Waals surface area contributed by atoms with E-state index in [9.17, 15) is 4.79 Å².